The number of amides is 1. The van der Waals surface area contributed by atoms with Gasteiger partial charge in [0.25, 0.3) is 0 Å². The lowest BCUT2D eigenvalue weighted by atomic mass is 9.76. The summed E-state index contributed by atoms with van der Waals surface area (Å²) in [4.78, 5) is 12.1. The van der Waals surface area contributed by atoms with Gasteiger partial charge in [-0.3, -0.25) is 4.79 Å². The van der Waals surface area contributed by atoms with E-state index in [1.165, 1.54) is 0 Å². The highest BCUT2D eigenvalue weighted by Crippen LogP contribution is 2.32. The molecule has 1 fully saturated rings. The normalized spacial score (nSPS) is 18.2. The van der Waals surface area contributed by atoms with Gasteiger partial charge in [-0.1, -0.05) is 6.92 Å². The molecule has 2 N–H and O–H groups in total. The van der Waals surface area contributed by atoms with Crippen molar-refractivity contribution in [2.24, 2.45) is 5.41 Å². The molecule has 17 heavy (non-hydrogen) atoms. The van der Waals surface area contributed by atoms with E-state index in [2.05, 4.69) is 17.6 Å². The molecule has 1 aliphatic rings. The number of halogens is 1. The van der Waals surface area contributed by atoms with Crippen LogP contribution in [-0.4, -0.2) is 39.3 Å². The molecule has 0 aromatic heterocycles. The molecule has 1 heterocycles. The van der Waals surface area contributed by atoms with E-state index in [0.29, 0.717) is 6.61 Å². The summed E-state index contributed by atoms with van der Waals surface area (Å²) in [6, 6.07) is 0. The zero-order valence-corrected chi connectivity index (χ0v) is 11.7. The van der Waals surface area contributed by atoms with E-state index in [4.69, 9.17) is 4.74 Å². The number of hydrogen-bond acceptors (Lipinski definition) is 3. The van der Waals surface area contributed by atoms with E-state index in [0.717, 1.165) is 45.3 Å². The van der Waals surface area contributed by atoms with Gasteiger partial charge in [0.05, 0.1) is 5.41 Å². The van der Waals surface area contributed by atoms with Crippen molar-refractivity contribution >= 4 is 18.3 Å². The molecule has 0 aromatic carbocycles. The Balaban J connectivity index is 0.00000256. The minimum atomic E-state index is -0.127. The van der Waals surface area contributed by atoms with E-state index in [-0.39, 0.29) is 23.7 Å². The molecule has 0 spiro atoms. The number of nitrogens with one attached hydrogen (secondary N) is 2. The molecular weight excluding hydrogens is 240 g/mol. The lowest BCUT2D eigenvalue weighted by molar-refractivity contribution is -0.132. The van der Waals surface area contributed by atoms with Crippen LogP contribution in [0.25, 0.3) is 0 Å². The summed E-state index contributed by atoms with van der Waals surface area (Å²) >= 11 is 0. The van der Waals surface area contributed by atoms with E-state index in [9.17, 15) is 4.79 Å². The fourth-order valence-corrected chi connectivity index (χ4v) is 2.25. The minimum Gasteiger partial charge on any atom is -0.385 e. The first-order valence-corrected chi connectivity index (χ1v) is 6.23. The Morgan fingerprint density at radius 1 is 1.41 bits per heavy atom. The van der Waals surface area contributed by atoms with Gasteiger partial charge >= 0.3 is 0 Å². The zero-order chi connectivity index (χ0) is 11.9. The van der Waals surface area contributed by atoms with Crippen LogP contribution in [0, 0.1) is 5.41 Å². The van der Waals surface area contributed by atoms with Gasteiger partial charge in [-0.2, -0.15) is 0 Å². The number of methoxy groups -OCH3 is 1. The fourth-order valence-electron chi connectivity index (χ4n) is 2.25. The van der Waals surface area contributed by atoms with Crippen molar-refractivity contribution < 1.29 is 9.53 Å². The molecule has 0 saturated carbocycles. The molecule has 0 radical (unpaired) electrons. The summed E-state index contributed by atoms with van der Waals surface area (Å²) in [6.45, 7) is 5.46. The van der Waals surface area contributed by atoms with Crippen LogP contribution in [0.3, 0.4) is 0 Å². The summed E-state index contributed by atoms with van der Waals surface area (Å²) in [6.07, 6.45) is 3.74. The lowest BCUT2D eigenvalue weighted by Gasteiger charge is -2.35. The van der Waals surface area contributed by atoms with Gasteiger partial charge in [-0.05, 0) is 38.8 Å². The summed E-state index contributed by atoms with van der Waals surface area (Å²) in [5, 5.41) is 6.34. The van der Waals surface area contributed by atoms with Gasteiger partial charge in [0, 0.05) is 20.3 Å². The summed E-state index contributed by atoms with van der Waals surface area (Å²) < 4.78 is 4.96. The highest BCUT2D eigenvalue weighted by atomic mass is 35.5. The SMILES string of the molecule is CCC1(C(=O)NCCCOC)CCNCC1.Cl. The number of carbonyl (C=O) groups is 1. The van der Waals surface area contributed by atoms with Crippen LogP contribution < -0.4 is 10.6 Å². The van der Waals surface area contributed by atoms with Crippen LogP contribution in [0.5, 0.6) is 0 Å². The van der Waals surface area contributed by atoms with E-state index in [1.54, 1.807) is 7.11 Å². The lowest BCUT2D eigenvalue weighted by Crippen LogP contribution is -2.47. The Morgan fingerprint density at radius 2 is 2.06 bits per heavy atom. The highest BCUT2D eigenvalue weighted by Gasteiger charge is 2.37. The first-order valence-electron chi connectivity index (χ1n) is 6.23. The monoisotopic (exact) mass is 264 g/mol. The first kappa shape index (κ1) is 16.7. The number of rotatable bonds is 6. The van der Waals surface area contributed by atoms with Gasteiger partial charge in [0.15, 0.2) is 0 Å². The average molecular weight is 265 g/mol. The predicted molar refractivity (Wildman–Crippen MR) is 71.6 cm³/mol. The van der Waals surface area contributed by atoms with Crippen molar-refractivity contribution in [2.75, 3.05) is 33.4 Å². The maximum Gasteiger partial charge on any atom is 0.226 e. The summed E-state index contributed by atoms with van der Waals surface area (Å²) in [7, 11) is 1.68. The molecule has 0 unspecified atom stereocenters. The molecule has 1 saturated heterocycles. The third-order valence-corrected chi connectivity index (χ3v) is 3.53. The molecule has 5 heteroatoms. The van der Waals surface area contributed by atoms with Crippen molar-refractivity contribution in [1.82, 2.24) is 10.6 Å². The molecule has 0 bridgehead atoms. The van der Waals surface area contributed by atoms with Crippen molar-refractivity contribution in [1.29, 1.82) is 0 Å². The maximum atomic E-state index is 12.1. The van der Waals surface area contributed by atoms with Crippen LogP contribution in [0.2, 0.25) is 0 Å². The van der Waals surface area contributed by atoms with E-state index >= 15 is 0 Å². The number of piperidine rings is 1. The molecule has 0 aromatic rings. The molecule has 1 rings (SSSR count). The fraction of sp³-hybridized carbons (Fsp3) is 0.917. The zero-order valence-electron chi connectivity index (χ0n) is 10.9. The second-order valence-corrected chi connectivity index (χ2v) is 4.49. The Hall–Kier alpha value is -0.320. The second kappa shape index (κ2) is 8.72. The van der Waals surface area contributed by atoms with Crippen LogP contribution >= 0.6 is 12.4 Å². The van der Waals surface area contributed by atoms with Crippen LogP contribution in [-0.2, 0) is 9.53 Å². The largest absolute Gasteiger partial charge is 0.385 e. The summed E-state index contributed by atoms with van der Waals surface area (Å²) in [5.41, 5.74) is -0.127. The van der Waals surface area contributed by atoms with Crippen LogP contribution in [0.1, 0.15) is 32.6 Å². The molecular formula is C12H25ClN2O2. The minimum absolute atomic E-state index is 0. The second-order valence-electron chi connectivity index (χ2n) is 4.49. The third kappa shape index (κ3) is 4.82. The quantitative estimate of drug-likeness (QED) is 0.712. The molecule has 1 amide bonds. The third-order valence-electron chi connectivity index (χ3n) is 3.53. The van der Waals surface area contributed by atoms with Crippen molar-refractivity contribution in [3.8, 4) is 0 Å². The van der Waals surface area contributed by atoms with Crippen molar-refractivity contribution in [2.45, 2.75) is 32.6 Å². The smallest absolute Gasteiger partial charge is 0.226 e. The molecule has 0 aliphatic carbocycles. The topological polar surface area (TPSA) is 50.4 Å². The van der Waals surface area contributed by atoms with Crippen LogP contribution in [0.15, 0.2) is 0 Å². The van der Waals surface area contributed by atoms with E-state index < -0.39 is 0 Å². The number of ether oxygens (including phenoxy) is 1. The van der Waals surface area contributed by atoms with Gasteiger partial charge in [0.1, 0.15) is 0 Å². The van der Waals surface area contributed by atoms with E-state index in [1.807, 2.05) is 0 Å². The Labute approximate surface area is 110 Å². The molecule has 102 valence electrons. The predicted octanol–water partition coefficient (Wildman–Crippen LogP) is 1.34. The average Bonchev–Trinajstić information content (AvgIpc) is 2.35. The first-order chi connectivity index (χ1) is 7.75. The molecule has 1 aliphatic heterocycles. The Bertz CT molecular complexity index is 219. The standard InChI is InChI=1S/C12H24N2O2.ClH/c1-3-12(5-8-13-9-6-12)11(15)14-7-4-10-16-2;/h13H,3-10H2,1-2H3,(H,14,15);1H. The summed E-state index contributed by atoms with van der Waals surface area (Å²) in [5.74, 6) is 0.229. The highest BCUT2D eigenvalue weighted by molar-refractivity contribution is 5.85. The van der Waals surface area contributed by atoms with Gasteiger partial charge < -0.3 is 15.4 Å². The van der Waals surface area contributed by atoms with Gasteiger partial charge in [-0.25, -0.2) is 0 Å². The number of hydrogen-bond donors (Lipinski definition) is 2. The Morgan fingerprint density at radius 3 is 2.59 bits per heavy atom. The maximum absolute atomic E-state index is 12.1. The van der Waals surface area contributed by atoms with Crippen LogP contribution in [0.4, 0.5) is 0 Å². The van der Waals surface area contributed by atoms with Gasteiger partial charge in [0.2, 0.25) is 5.91 Å². The number of carbonyl (C=O) groups excluding carboxylic acids is 1. The van der Waals surface area contributed by atoms with Gasteiger partial charge in [-0.15, -0.1) is 12.4 Å². The molecule has 0 atom stereocenters. The van der Waals surface area contributed by atoms with Crippen molar-refractivity contribution in [3.63, 3.8) is 0 Å². The Kier molecular flexibility index (Phi) is 8.56. The molecule has 4 nitrogen and oxygen atoms in total. The van der Waals surface area contributed by atoms with Crippen molar-refractivity contribution in [3.05, 3.63) is 0 Å².